The third kappa shape index (κ3) is 3.30. The second-order valence-corrected chi connectivity index (χ2v) is 5.45. The van der Waals surface area contributed by atoms with Crippen LogP contribution in [-0.2, 0) is 0 Å². The molecule has 1 fully saturated rings. The molecule has 0 aromatic heterocycles. The Morgan fingerprint density at radius 1 is 1.29 bits per heavy atom. The van der Waals surface area contributed by atoms with E-state index in [9.17, 15) is 14.9 Å². The normalized spacial score (nSPS) is 16.2. The molecule has 21 heavy (non-hydrogen) atoms. The number of carbonyl (C=O) groups is 1. The van der Waals surface area contributed by atoms with Crippen molar-refractivity contribution in [2.75, 3.05) is 31.9 Å². The van der Waals surface area contributed by atoms with Gasteiger partial charge < -0.3 is 10.6 Å². The van der Waals surface area contributed by atoms with Crippen molar-refractivity contribution in [1.29, 1.82) is 0 Å². The molecule has 114 valence electrons. The average molecular weight is 292 g/mol. The molecule has 1 aliphatic rings. The van der Waals surface area contributed by atoms with Crippen LogP contribution >= 0.6 is 0 Å². The van der Waals surface area contributed by atoms with E-state index in [0.717, 1.165) is 13.1 Å². The molecule has 0 aliphatic carbocycles. The van der Waals surface area contributed by atoms with Gasteiger partial charge in [0, 0.05) is 50.0 Å². The molecule has 0 saturated carbocycles. The number of hydrogen-bond donors (Lipinski definition) is 1. The highest BCUT2D eigenvalue weighted by molar-refractivity contribution is 5.99. The van der Waals surface area contributed by atoms with Crippen LogP contribution in [0.4, 0.5) is 11.4 Å². The van der Waals surface area contributed by atoms with E-state index in [1.807, 2.05) is 0 Å². The first-order chi connectivity index (χ1) is 9.90. The van der Waals surface area contributed by atoms with E-state index < -0.39 is 4.92 Å². The van der Waals surface area contributed by atoms with Crippen LogP contribution < -0.4 is 5.73 Å². The maximum absolute atomic E-state index is 12.5. The van der Waals surface area contributed by atoms with E-state index in [-0.39, 0.29) is 22.8 Å². The van der Waals surface area contributed by atoms with Gasteiger partial charge in [0.05, 0.1) is 10.5 Å². The number of benzene rings is 1. The largest absolute Gasteiger partial charge is 0.398 e. The third-order valence-corrected chi connectivity index (χ3v) is 3.81. The first kappa shape index (κ1) is 15.2. The lowest BCUT2D eigenvalue weighted by Crippen LogP contribution is -2.50. The molecule has 7 nitrogen and oxygen atoms in total. The fraction of sp³-hybridized carbons (Fsp3) is 0.500. The van der Waals surface area contributed by atoms with E-state index in [0.29, 0.717) is 19.1 Å². The number of rotatable bonds is 3. The van der Waals surface area contributed by atoms with Crippen molar-refractivity contribution < 1.29 is 9.72 Å². The third-order valence-electron chi connectivity index (χ3n) is 3.81. The number of nitrogens with zero attached hydrogens (tertiary/aromatic N) is 3. The summed E-state index contributed by atoms with van der Waals surface area (Å²) < 4.78 is 0. The summed E-state index contributed by atoms with van der Waals surface area (Å²) in [4.78, 5) is 26.8. The van der Waals surface area contributed by atoms with E-state index in [2.05, 4.69) is 18.7 Å². The van der Waals surface area contributed by atoms with Crippen molar-refractivity contribution >= 4 is 17.3 Å². The zero-order chi connectivity index (χ0) is 15.6. The monoisotopic (exact) mass is 292 g/mol. The first-order valence-corrected chi connectivity index (χ1v) is 6.97. The lowest BCUT2D eigenvalue weighted by atomic mass is 10.1. The SMILES string of the molecule is CC(C)N1CCN(C(=O)c2cc([N+](=O)[O-])ccc2N)CC1. The highest BCUT2D eigenvalue weighted by atomic mass is 16.6. The highest BCUT2D eigenvalue weighted by Crippen LogP contribution is 2.22. The van der Waals surface area contributed by atoms with Gasteiger partial charge in [-0.1, -0.05) is 0 Å². The summed E-state index contributed by atoms with van der Waals surface area (Å²) >= 11 is 0. The molecule has 0 unspecified atom stereocenters. The van der Waals surface area contributed by atoms with Crippen LogP contribution in [0.15, 0.2) is 18.2 Å². The standard InChI is InChI=1S/C14H20N4O3/c1-10(2)16-5-7-17(8-6-16)14(19)12-9-11(18(20)21)3-4-13(12)15/h3-4,9-10H,5-8,15H2,1-2H3. The Bertz CT molecular complexity index is 551. The van der Waals surface area contributed by atoms with Crippen molar-refractivity contribution in [2.45, 2.75) is 19.9 Å². The zero-order valence-electron chi connectivity index (χ0n) is 12.3. The van der Waals surface area contributed by atoms with Crippen LogP contribution in [0.25, 0.3) is 0 Å². The molecule has 7 heteroatoms. The molecule has 0 atom stereocenters. The topological polar surface area (TPSA) is 92.7 Å². The number of non-ortho nitro benzene ring substituents is 1. The minimum Gasteiger partial charge on any atom is -0.398 e. The van der Waals surface area contributed by atoms with Crippen molar-refractivity contribution in [3.8, 4) is 0 Å². The second kappa shape index (κ2) is 6.09. The van der Waals surface area contributed by atoms with Gasteiger partial charge in [-0.2, -0.15) is 0 Å². The Morgan fingerprint density at radius 2 is 1.90 bits per heavy atom. The summed E-state index contributed by atoms with van der Waals surface area (Å²) in [7, 11) is 0. The zero-order valence-corrected chi connectivity index (χ0v) is 12.3. The number of hydrogen-bond acceptors (Lipinski definition) is 5. The van der Waals surface area contributed by atoms with E-state index in [1.165, 1.54) is 18.2 Å². The molecule has 0 spiro atoms. The van der Waals surface area contributed by atoms with E-state index in [4.69, 9.17) is 5.73 Å². The summed E-state index contributed by atoms with van der Waals surface area (Å²) in [5, 5.41) is 10.8. The quantitative estimate of drug-likeness (QED) is 0.515. The molecule has 1 saturated heterocycles. The molecular weight excluding hydrogens is 272 g/mol. The van der Waals surface area contributed by atoms with Gasteiger partial charge in [0.1, 0.15) is 0 Å². The molecule has 2 N–H and O–H groups in total. The molecule has 1 aromatic rings. The van der Waals surface area contributed by atoms with Gasteiger partial charge in [-0.3, -0.25) is 19.8 Å². The molecule has 1 heterocycles. The Morgan fingerprint density at radius 3 is 2.43 bits per heavy atom. The summed E-state index contributed by atoms with van der Waals surface area (Å²) in [6, 6.07) is 4.43. The number of nitrogens with two attached hydrogens (primary N) is 1. The van der Waals surface area contributed by atoms with E-state index >= 15 is 0 Å². The molecular formula is C14H20N4O3. The fourth-order valence-electron chi connectivity index (χ4n) is 2.45. The fourth-order valence-corrected chi connectivity index (χ4v) is 2.45. The number of nitrogen functional groups attached to an aromatic ring is 1. The molecule has 2 rings (SSSR count). The number of anilines is 1. The maximum Gasteiger partial charge on any atom is 0.270 e. The number of nitro benzene ring substituents is 1. The van der Waals surface area contributed by atoms with Gasteiger partial charge >= 0.3 is 0 Å². The Kier molecular flexibility index (Phi) is 4.42. The lowest BCUT2D eigenvalue weighted by molar-refractivity contribution is -0.384. The minimum atomic E-state index is -0.521. The van der Waals surface area contributed by atoms with Gasteiger partial charge in [0.2, 0.25) is 0 Å². The van der Waals surface area contributed by atoms with Gasteiger partial charge in [0.25, 0.3) is 11.6 Å². The summed E-state index contributed by atoms with van der Waals surface area (Å²) in [6.45, 7) is 7.07. The minimum absolute atomic E-state index is 0.117. The van der Waals surface area contributed by atoms with Crippen molar-refractivity contribution in [3.05, 3.63) is 33.9 Å². The summed E-state index contributed by atoms with van der Waals surface area (Å²) in [5.74, 6) is -0.236. The molecule has 0 radical (unpaired) electrons. The van der Waals surface area contributed by atoms with Crippen LogP contribution in [0.3, 0.4) is 0 Å². The maximum atomic E-state index is 12.5. The van der Waals surface area contributed by atoms with Gasteiger partial charge in [-0.05, 0) is 19.9 Å². The van der Waals surface area contributed by atoms with Gasteiger partial charge in [-0.15, -0.1) is 0 Å². The van der Waals surface area contributed by atoms with Gasteiger partial charge in [0.15, 0.2) is 0 Å². The van der Waals surface area contributed by atoms with Crippen LogP contribution in [0.5, 0.6) is 0 Å². The summed E-state index contributed by atoms with van der Waals surface area (Å²) in [5.41, 5.74) is 6.16. The number of nitro groups is 1. The molecule has 0 bridgehead atoms. The molecule has 1 aliphatic heterocycles. The highest BCUT2D eigenvalue weighted by Gasteiger charge is 2.25. The molecule has 1 amide bonds. The lowest BCUT2D eigenvalue weighted by Gasteiger charge is -2.37. The predicted octanol–water partition coefficient (Wildman–Crippen LogP) is 1.34. The Hall–Kier alpha value is -2.15. The first-order valence-electron chi connectivity index (χ1n) is 6.97. The number of piperazine rings is 1. The number of carbonyl (C=O) groups excluding carboxylic acids is 1. The van der Waals surface area contributed by atoms with Crippen LogP contribution in [0.1, 0.15) is 24.2 Å². The second-order valence-electron chi connectivity index (χ2n) is 5.45. The smallest absolute Gasteiger partial charge is 0.270 e. The Labute approximate surface area is 123 Å². The van der Waals surface area contributed by atoms with Crippen molar-refractivity contribution in [3.63, 3.8) is 0 Å². The van der Waals surface area contributed by atoms with Crippen LogP contribution in [-0.4, -0.2) is 52.9 Å². The van der Waals surface area contributed by atoms with Crippen molar-refractivity contribution in [2.24, 2.45) is 0 Å². The average Bonchev–Trinajstić information content (AvgIpc) is 2.47. The Balaban J connectivity index is 2.14. The predicted molar refractivity (Wildman–Crippen MR) is 80.1 cm³/mol. The van der Waals surface area contributed by atoms with Crippen LogP contribution in [0, 0.1) is 10.1 Å². The van der Waals surface area contributed by atoms with E-state index in [1.54, 1.807) is 4.90 Å². The van der Waals surface area contributed by atoms with Gasteiger partial charge in [-0.25, -0.2) is 0 Å². The summed E-state index contributed by atoms with van der Waals surface area (Å²) in [6.07, 6.45) is 0. The molecule has 1 aromatic carbocycles. The van der Waals surface area contributed by atoms with Crippen molar-refractivity contribution in [1.82, 2.24) is 9.80 Å². The number of amides is 1. The van der Waals surface area contributed by atoms with Crippen LogP contribution in [0.2, 0.25) is 0 Å².